The van der Waals surface area contributed by atoms with Crippen LogP contribution in [-0.4, -0.2) is 9.52 Å². The summed E-state index contributed by atoms with van der Waals surface area (Å²) in [5.74, 6) is 0.492. The van der Waals surface area contributed by atoms with Crippen LogP contribution in [0.15, 0.2) is 91.0 Å². The van der Waals surface area contributed by atoms with Gasteiger partial charge in [0.25, 0.3) is 0 Å². The van der Waals surface area contributed by atoms with Crippen molar-refractivity contribution in [1.82, 2.24) is 0 Å². The van der Waals surface area contributed by atoms with Crippen molar-refractivity contribution in [1.29, 1.82) is 0 Å². The first-order chi connectivity index (χ1) is 14.1. The van der Waals surface area contributed by atoms with Gasteiger partial charge in [-0.2, -0.15) is 5.56 Å². The smallest absolute Gasteiger partial charge is 0.0307 e. The number of allylic oxidation sites excluding steroid dienone is 2. The van der Waals surface area contributed by atoms with Gasteiger partial charge in [-0.25, -0.2) is 5.57 Å². The standard InChI is InChI=1S/C15H11.C11H11.C2H6Si.Hf/c1-2-6-12(7-3-1)15-10-13-8-4-5-9-14(13)11-15;1-8-7-9(2)11-6-4-3-5-10(8)11;1-3-2;/h1-11H;3-6,8H,1-2H3;1-2H3;/q2*-1;;. The SMILES string of the molecule is CC1=[C-]C(C)c2ccccc21.C[Si]C.[Hf].c1ccc(-c2cc3ccccc3[cH-]2)cc1. The van der Waals surface area contributed by atoms with Crippen molar-refractivity contribution in [3.63, 3.8) is 0 Å². The fourth-order valence-corrected chi connectivity index (χ4v) is 3.64. The molecule has 0 fully saturated rings. The van der Waals surface area contributed by atoms with Gasteiger partial charge in [-0.1, -0.05) is 105 Å². The van der Waals surface area contributed by atoms with Crippen LogP contribution in [0.1, 0.15) is 30.9 Å². The molecule has 30 heavy (non-hydrogen) atoms. The molecule has 4 aromatic rings. The van der Waals surface area contributed by atoms with Gasteiger partial charge in [0.15, 0.2) is 0 Å². The van der Waals surface area contributed by atoms with E-state index in [9.17, 15) is 0 Å². The summed E-state index contributed by atoms with van der Waals surface area (Å²) in [5.41, 5.74) is 6.68. The molecule has 5 rings (SSSR count). The van der Waals surface area contributed by atoms with Crippen molar-refractivity contribution in [3.05, 3.63) is 108 Å². The zero-order chi connectivity index (χ0) is 20.6. The van der Waals surface area contributed by atoms with E-state index in [2.05, 4.69) is 118 Å². The fraction of sp³-hybridized carbons (Fsp3) is 0.179. The first-order valence-corrected chi connectivity index (χ1v) is 12.1. The summed E-state index contributed by atoms with van der Waals surface area (Å²) < 4.78 is 0. The van der Waals surface area contributed by atoms with Crippen LogP contribution in [-0.2, 0) is 25.8 Å². The molecule has 1 atom stereocenters. The number of hydrogen-bond donors (Lipinski definition) is 0. The number of rotatable bonds is 1. The molecule has 4 aromatic carbocycles. The number of benzene rings is 3. The zero-order valence-corrected chi connectivity index (χ0v) is 22.8. The van der Waals surface area contributed by atoms with Crippen LogP contribution in [0.2, 0.25) is 13.1 Å². The minimum atomic E-state index is 0. The van der Waals surface area contributed by atoms with Crippen molar-refractivity contribution in [2.45, 2.75) is 32.9 Å². The largest absolute Gasteiger partial charge is 0.266 e. The molecular formula is C28H28HfSi-2. The van der Waals surface area contributed by atoms with Crippen LogP contribution in [0.3, 0.4) is 0 Å². The Labute approximate surface area is 203 Å². The van der Waals surface area contributed by atoms with Gasteiger partial charge in [-0.15, -0.1) is 46.2 Å². The average Bonchev–Trinajstić information content (AvgIpc) is 3.31. The number of fused-ring (bicyclic) bond motifs is 2. The van der Waals surface area contributed by atoms with Crippen LogP contribution < -0.4 is 0 Å². The molecule has 0 saturated heterocycles. The van der Waals surface area contributed by atoms with Gasteiger partial charge in [-0.3, -0.25) is 6.08 Å². The molecule has 0 N–H and O–H groups in total. The summed E-state index contributed by atoms with van der Waals surface area (Å²) in [6.07, 6.45) is 3.40. The van der Waals surface area contributed by atoms with Crippen molar-refractivity contribution in [3.8, 4) is 11.1 Å². The van der Waals surface area contributed by atoms with Crippen molar-refractivity contribution < 1.29 is 25.8 Å². The zero-order valence-electron chi connectivity index (χ0n) is 18.2. The monoisotopic (exact) mass is 572 g/mol. The van der Waals surface area contributed by atoms with E-state index in [-0.39, 0.29) is 25.8 Å². The quantitative estimate of drug-likeness (QED) is 0.161. The minimum Gasteiger partial charge on any atom is -0.266 e. The van der Waals surface area contributed by atoms with Crippen LogP contribution in [0.4, 0.5) is 0 Å². The van der Waals surface area contributed by atoms with Gasteiger partial charge >= 0.3 is 0 Å². The summed E-state index contributed by atoms with van der Waals surface area (Å²) in [6, 6.07) is 32.0. The van der Waals surface area contributed by atoms with Gasteiger partial charge in [0, 0.05) is 35.4 Å². The Morgan fingerprint density at radius 2 is 1.43 bits per heavy atom. The molecule has 1 unspecified atom stereocenters. The van der Waals surface area contributed by atoms with Crippen LogP contribution >= 0.6 is 0 Å². The van der Waals surface area contributed by atoms with E-state index in [4.69, 9.17) is 0 Å². The number of hydrogen-bond acceptors (Lipinski definition) is 0. The molecule has 0 nitrogen and oxygen atoms in total. The fourth-order valence-electron chi connectivity index (χ4n) is 3.64. The molecule has 0 bridgehead atoms. The summed E-state index contributed by atoms with van der Waals surface area (Å²) in [6.45, 7) is 8.62. The summed E-state index contributed by atoms with van der Waals surface area (Å²) in [7, 11) is 1.08. The Morgan fingerprint density at radius 3 is 2.10 bits per heavy atom. The van der Waals surface area contributed by atoms with Gasteiger partial charge < -0.3 is 0 Å². The van der Waals surface area contributed by atoms with Crippen molar-refractivity contribution in [2.24, 2.45) is 0 Å². The molecule has 2 heteroatoms. The molecule has 0 aliphatic heterocycles. The molecule has 0 heterocycles. The first kappa shape index (κ1) is 24.4. The second kappa shape index (κ2) is 12.1. The van der Waals surface area contributed by atoms with Crippen LogP contribution in [0.25, 0.3) is 27.5 Å². The summed E-state index contributed by atoms with van der Waals surface area (Å²) >= 11 is 0. The Kier molecular flexibility index (Phi) is 9.81. The van der Waals surface area contributed by atoms with E-state index in [1.54, 1.807) is 0 Å². The molecule has 2 radical (unpaired) electrons. The van der Waals surface area contributed by atoms with Crippen molar-refractivity contribution >= 4 is 25.9 Å². The maximum absolute atomic E-state index is 3.40. The normalized spacial score (nSPS) is 13.7. The molecule has 0 saturated carbocycles. The predicted octanol–water partition coefficient (Wildman–Crippen LogP) is 8.02. The molecule has 150 valence electrons. The van der Waals surface area contributed by atoms with E-state index in [1.807, 2.05) is 6.07 Å². The second-order valence-electron chi connectivity index (χ2n) is 7.32. The average molecular weight is 571 g/mol. The maximum Gasteiger partial charge on any atom is 0.0307 e. The molecule has 0 spiro atoms. The van der Waals surface area contributed by atoms with Gasteiger partial charge in [-0.05, 0) is 0 Å². The minimum absolute atomic E-state index is 0. The Hall–Kier alpha value is -1.90. The van der Waals surface area contributed by atoms with Gasteiger partial charge in [0.1, 0.15) is 0 Å². The van der Waals surface area contributed by atoms with E-state index < -0.39 is 0 Å². The third-order valence-electron chi connectivity index (χ3n) is 4.99. The predicted molar refractivity (Wildman–Crippen MR) is 130 cm³/mol. The molecular weight excluding hydrogens is 543 g/mol. The topological polar surface area (TPSA) is 0 Å². The summed E-state index contributed by atoms with van der Waals surface area (Å²) in [5, 5.41) is 2.63. The Balaban J connectivity index is 0.000000190. The Morgan fingerprint density at radius 1 is 0.833 bits per heavy atom. The van der Waals surface area contributed by atoms with Gasteiger partial charge in [0.2, 0.25) is 0 Å². The second-order valence-corrected chi connectivity index (χ2v) is 8.32. The van der Waals surface area contributed by atoms with Crippen molar-refractivity contribution in [2.75, 3.05) is 0 Å². The Bertz CT molecular complexity index is 1040. The summed E-state index contributed by atoms with van der Waals surface area (Å²) in [4.78, 5) is 0. The molecule has 1 aliphatic carbocycles. The third-order valence-corrected chi connectivity index (χ3v) is 4.99. The van der Waals surface area contributed by atoms with Crippen LogP contribution in [0, 0.1) is 6.08 Å². The molecule has 0 amide bonds. The van der Waals surface area contributed by atoms with E-state index in [0.29, 0.717) is 5.92 Å². The third kappa shape index (κ3) is 6.06. The van der Waals surface area contributed by atoms with Gasteiger partial charge in [0.05, 0.1) is 0 Å². The maximum atomic E-state index is 3.40. The molecule has 1 aliphatic rings. The molecule has 0 aromatic heterocycles. The van der Waals surface area contributed by atoms with Crippen LogP contribution in [0.5, 0.6) is 0 Å². The van der Waals surface area contributed by atoms with E-state index in [1.165, 1.54) is 38.6 Å². The van der Waals surface area contributed by atoms with E-state index >= 15 is 0 Å². The first-order valence-electron chi connectivity index (χ1n) is 10.1. The van der Waals surface area contributed by atoms with E-state index in [0.717, 1.165) is 9.52 Å².